The molecule has 1 N–H and O–H groups in total. The molecule has 9 heteroatoms. The molecule has 162 valence electrons. The zero-order valence-corrected chi connectivity index (χ0v) is 19.2. The van der Waals surface area contributed by atoms with Gasteiger partial charge in [0.15, 0.2) is 4.90 Å². The SMILES string of the molecule is CCOCc1nc(=O)c(S(=O)(=O)c2ccc(Br)cc2)c(O)n1[C@H]1CCc2ccccc21. The predicted molar refractivity (Wildman–Crippen MR) is 118 cm³/mol. The maximum absolute atomic E-state index is 13.3. The van der Waals surface area contributed by atoms with E-state index in [0.29, 0.717) is 17.5 Å². The van der Waals surface area contributed by atoms with Crippen LogP contribution in [-0.2, 0) is 27.6 Å². The smallest absolute Gasteiger partial charge is 0.296 e. The maximum Gasteiger partial charge on any atom is 0.296 e. The van der Waals surface area contributed by atoms with Crippen molar-refractivity contribution in [2.45, 2.75) is 42.2 Å². The normalized spacial score (nSPS) is 15.7. The molecule has 3 aromatic rings. The molecule has 4 rings (SSSR count). The Kier molecular flexibility index (Phi) is 6.00. The number of hydrogen-bond donors (Lipinski definition) is 1. The standard InChI is InChI=1S/C22H21BrN2O5S/c1-2-30-13-19-24-21(26)20(31(28,29)16-10-8-15(23)9-11-16)22(27)25(19)18-12-7-14-5-3-4-6-17(14)18/h3-6,8-11,18,27H,2,7,12-13H2,1H3/t18-/m0/s1. The van der Waals surface area contributed by atoms with Crippen LogP contribution in [0.3, 0.4) is 0 Å². The van der Waals surface area contributed by atoms with Crippen LogP contribution in [0.15, 0.2) is 67.6 Å². The monoisotopic (exact) mass is 504 g/mol. The number of rotatable bonds is 6. The lowest BCUT2D eigenvalue weighted by Gasteiger charge is -2.23. The fourth-order valence-electron chi connectivity index (χ4n) is 3.94. The molecule has 0 fully saturated rings. The molecule has 0 aliphatic heterocycles. The summed E-state index contributed by atoms with van der Waals surface area (Å²) in [4.78, 5) is 16.0. The van der Waals surface area contributed by atoms with Gasteiger partial charge < -0.3 is 9.84 Å². The Morgan fingerprint density at radius 3 is 2.61 bits per heavy atom. The Bertz CT molecular complexity index is 1290. The van der Waals surface area contributed by atoms with Crippen molar-refractivity contribution in [1.29, 1.82) is 0 Å². The summed E-state index contributed by atoms with van der Waals surface area (Å²) in [7, 11) is -4.29. The van der Waals surface area contributed by atoms with Crippen LogP contribution in [0, 0.1) is 0 Å². The molecule has 0 bridgehead atoms. The van der Waals surface area contributed by atoms with Gasteiger partial charge in [0.05, 0.1) is 10.9 Å². The van der Waals surface area contributed by atoms with Gasteiger partial charge in [-0.3, -0.25) is 9.36 Å². The summed E-state index contributed by atoms with van der Waals surface area (Å²) in [5.74, 6) is -0.417. The number of halogens is 1. The van der Waals surface area contributed by atoms with Crippen molar-refractivity contribution in [2.75, 3.05) is 6.61 Å². The van der Waals surface area contributed by atoms with Gasteiger partial charge in [0.25, 0.3) is 5.56 Å². The molecule has 1 aliphatic rings. The molecule has 0 unspecified atom stereocenters. The first kappa shape index (κ1) is 21.7. The second kappa shape index (κ2) is 8.57. The van der Waals surface area contributed by atoms with E-state index < -0.39 is 26.2 Å². The average Bonchev–Trinajstić information content (AvgIpc) is 3.16. The minimum atomic E-state index is -4.29. The largest absolute Gasteiger partial charge is 0.493 e. The molecule has 31 heavy (non-hydrogen) atoms. The number of fused-ring (bicyclic) bond motifs is 1. The third kappa shape index (κ3) is 3.93. The van der Waals surface area contributed by atoms with Crippen LogP contribution >= 0.6 is 15.9 Å². The quantitative estimate of drug-likeness (QED) is 0.550. The molecule has 0 saturated heterocycles. The van der Waals surface area contributed by atoms with Gasteiger partial charge >= 0.3 is 0 Å². The van der Waals surface area contributed by atoms with Gasteiger partial charge in [-0.1, -0.05) is 40.2 Å². The molecular weight excluding hydrogens is 484 g/mol. The highest BCUT2D eigenvalue weighted by atomic mass is 79.9. The van der Waals surface area contributed by atoms with Crippen LogP contribution in [0.25, 0.3) is 0 Å². The molecule has 2 aromatic carbocycles. The van der Waals surface area contributed by atoms with E-state index in [-0.39, 0.29) is 23.4 Å². The second-order valence-corrected chi connectivity index (χ2v) is 10.0. The Morgan fingerprint density at radius 2 is 1.90 bits per heavy atom. The van der Waals surface area contributed by atoms with Crippen LogP contribution in [0.1, 0.15) is 36.3 Å². The van der Waals surface area contributed by atoms with Crippen molar-refractivity contribution >= 4 is 25.8 Å². The van der Waals surface area contributed by atoms with Crippen molar-refractivity contribution in [2.24, 2.45) is 0 Å². The minimum Gasteiger partial charge on any atom is -0.493 e. The minimum absolute atomic E-state index is 0.0173. The van der Waals surface area contributed by atoms with E-state index in [2.05, 4.69) is 20.9 Å². The lowest BCUT2D eigenvalue weighted by Crippen LogP contribution is -2.27. The Hall–Kier alpha value is -2.49. The predicted octanol–water partition coefficient (Wildman–Crippen LogP) is 3.62. The van der Waals surface area contributed by atoms with Gasteiger partial charge in [-0.25, -0.2) is 8.42 Å². The maximum atomic E-state index is 13.3. The molecule has 0 radical (unpaired) electrons. The van der Waals surface area contributed by atoms with Gasteiger partial charge in [-0.15, -0.1) is 0 Å². The highest BCUT2D eigenvalue weighted by Gasteiger charge is 2.34. The van der Waals surface area contributed by atoms with Gasteiger partial charge in [-0.05, 0) is 55.2 Å². The number of ether oxygens (including phenoxy) is 1. The fraction of sp³-hybridized carbons (Fsp3) is 0.273. The first-order chi connectivity index (χ1) is 14.8. The van der Waals surface area contributed by atoms with Gasteiger partial charge in [0, 0.05) is 11.1 Å². The highest BCUT2D eigenvalue weighted by Crippen LogP contribution is 2.39. The second-order valence-electron chi connectivity index (χ2n) is 7.20. The van der Waals surface area contributed by atoms with Crippen LogP contribution in [0.4, 0.5) is 0 Å². The number of sulfone groups is 1. The van der Waals surface area contributed by atoms with E-state index in [0.717, 1.165) is 17.5 Å². The van der Waals surface area contributed by atoms with E-state index in [4.69, 9.17) is 4.74 Å². The van der Waals surface area contributed by atoms with Crippen molar-refractivity contribution in [3.8, 4) is 5.88 Å². The van der Waals surface area contributed by atoms with Crippen molar-refractivity contribution in [3.63, 3.8) is 0 Å². The van der Waals surface area contributed by atoms with Crippen LogP contribution in [0.5, 0.6) is 5.88 Å². The number of aryl methyl sites for hydroxylation is 1. The number of hydrogen-bond acceptors (Lipinski definition) is 6. The van der Waals surface area contributed by atoms with E-state index in [9.17, 15) is 18.3 Å². The summed E-state index contributed by atoms with van der Waals surface area (Å²) < 4.78 is 34.1. The zero-order valence-electron chi connectivity index (χ0n) is 16.8. The fourth-order valence-corrected chi connectivity index (χ4v) is 5.55. The third-order valence-corrected chi connectivity index (χ3v) is 7.69. The highest BCUT2D eigenvalue weighted by molar-refractivity contribution is 9.10. The molecule has 1 atom stereocenters. The molecule has 1 aliphatic carbocycles. The Balaban J connectivity index is 1.94. The number of aromatic hydroxyl groups is 1. The van der Waals surface area contributed by atoms with E-state index in [1.807, 2.05) is 24.3 Å². The lowest BCUT2D eigenvalue weighted by atomic mass is 10.1. The first-order valence-corrected chi connectivity index (χ1v) is 12.1. The summed E-state index contributed by atoms with van der Waals surface area (Å²) in [6, 6.07) is 13.3. The lowest BCUT2D eigenvalue weighted by molar-refractivity contribution is 0.121. The average molecular weight is 505 g/mol. The summed E-state index contributed by atoms with van der Waals surface area (Å²) in [6.45, 7) is 2.17. The third-order valence-electron chi connectivity index (χ3n) is 5.38. The summed E-state index contributed by atoms with van der Waals surface area (Å²) in [6.07, 6.45) is 1.42. The van der Waals surface area contributed by atoms with Crippen molar-refractivity contribution in [1.82, 2.24) is 9.55 Å². The Morgan fingerprint density at radius 1 is 1.19 bits per heavy atom. The number of benzene rings is 2. The van der Waals surface area contributed by atoms with Gasteiger partial charge in [0.2, 0.25) is 15.7 Å². The molecule has 0 amide bonds. The molecule has 0 saturated carbocycles. The number of nitrogens with zero attached hydrogens (tertiary/aromatic N) is 2. The molecule has 1 aromatic heterocycles. The van der Waals surface area contributed by atoms with Crippen LogP contribution < -0.4 is 5.56 Å². The molecular formula is C22H21BrN2O5S. The first-order valence-electron chi connectivity index (χ1n) is 9.85. The van der Waals surface area contributed by atoms with E-state index in [1.54, 1.807) is 19.1 Å². The number of aromatic nitrogens is 2. The van der Waals surface area contributed by atoms with Crippen molar-refractivity contribution < 1.29 is 18.3 Å². The van der Waals surface area contributed by atoms with Crippen LogP contribution in [0.2, 0.25) is 0 Å². The van der Waals surface area contributed by atoms with Gasteiger partial charge in [-0.2, -0.15) is 4.98 Å². The van der Waals surface area contributed by atoms with Gasteiger partial charge in [0.1, 0.15) is 12.4 Å². The molecule has 0 spiro atoms. The molecule has 7 nitrogen and oxygen atoms in total. The topological polar surface area (TPSA) is 98.5 Å². The zero-order chi connectivity index (χ0) is 22.2. The van der Waals surface area contributed by atoms with E-state index >= 15 is 0 Å². The Labute approximate surface area is 188 Å². The van der Waals surface area contributed by atoms with E-state index in [1.165, 1.54) is 16.7 Å². The molecule has 1 heterocycles. The summed E-state index contributed by atoms with van der Waals surface area (Å²) in [5, 5.41) is 11.2. The van der Waals surface area contributed by atoms with Crippen molar-refractivity contribution in [3.05, 3.63) is 80.3 Å². The van der Waals surface area contributed by atoms with Crippen LogP contribution in [-0.4, -0.2) is 29.7 Å². The summed E-state index contributed by atoms with van der Waals surface area (Å²) in [5.41, 5.74) is 1.08. The summed E-state index contributed by atoms with van der Waals surface area (Å²) >= 11 is 3.27.